The van der Waals surface area contributed by atoms with Crippen LogP contribution in [0.4, 0.5) is 0 Å². The van der Waals surface area contributed by atoms with E-state index in [9.17, 15) is 9.90 Å². The number of likely N-dealkylation sites (tertiary alicyclic amines) is 1. The fourth-order valence-electron chi connectivity index (χ4n) is 5.38. The number of benzene rings is 2. The third-order valence-electron chi connectivity index (χ3n) is 7.40. The minimum atomic E-state index is -0.961. The molecule has 1 aromatic heterocycles. The number of nitrogens with zero attached hydrogens (tertiary/aromatic N) is 2. The van der Waals surface area contributed by atoms with Crippen molar-refractivity contribution in [2.45, 2.75) is 37.8 Å². The molecule has 2 aliphatic rings. The summed E-state index contributed by atoms with van der Waals surface area (Å²) in [4.78, 5) is 13.8. The van der Waals surface area contributed by atoms with Crippen molar-refractivity contribution < 1.29 is 24.1 Å². The predicted octanol–water partition coefficient (Wildman–Crippen LogP) is 4.57. The molecule has 0 saturated carbocycles. The van der Waals surface area contributed by atoms with E-state index in [0.717, 1.165) is 32.5 Å². The number of fused-ring (bicyclic) bond motifs is 1. The van der Waals surface area contributed by atoms with Crippen molar-refractivity contribution in [3.63, 3.8) is 0 Å². The normalized spacial score (nSPS) is 20.7. The summed E-state index contributed by atoms with van der Waals surface area (Å²) in [5, 5.41) is 10.7. The van der Waals surface area contributed by atoms with Gasteiger partial charge < -0.3 is 23.9 Å². The number of para-hydroxylation sites is 2. The molecule has 2 saturated heterocycles. The van der Waals surface area contributed by atoms with Crippen molar-refractivity contribution in [3.05, 3.63) is 65.9 Å². The van der Waals surface area contributed by atoms with Crippen molar-refractivity contribution in [1.82, 2.24) is 9.47 Å². The van der Waals surface area contributed by atoms with Crippen LogP contribution >= 0.6 is 0 Å². The maximum Gasteiger partial charge on any atom is 0.339 e. The Morgan fingerprint density at radius 3 is 2.66 bits per heavy atom. The average molecular weight is 479 g/mol. The van der Waals surface area contributed by atoms with E-state index in [1.807, 2.05) is 0 Å². The average Bonchev–Trinajstić information content (AvgIpc) is 3.29. The first kappa shape index (κ1) is 23.9. The largest absolute Gasteiger partial charge is 0.491 e. The molecule has 1 N–H and O–H groups in total. The van der Waals surface area contributed by atoms with Crippen LogP contribution in [0.2, 0.25) is 0 Å². The van der Waals surface area contributed by atoms with E-state index >= 15 is 0 Å². The van der Waals surface area contributed by atoms with Gasteiger partial charge in [-0.25, -0.2) is 4.79 Å². The molecule has 5 rings (SSSR count). The highest BCUT2D eigenvalue weighted by Gasteiger charge is 2.28. The smallest absolute Gasteiger partial charge is 0.339 e. The molecule has 0 bridgehead atoms. The summed E-state index contributed by atoms with van der Waals surface area (Å²) in [5.41, 5.74) is 2.90. The predicted molar refractivity (Wildman–Crippen MR) is 135 cm³/mol. The molecular weight excluding hydrogens is 444 g/mol. The molecular formula is C28H34N2O5. The molecule has 2 aromatic carbocycles. The molecule has 0 aliphatic carbocycles. The monoisotopic (exact) mass is 478 g/mol. The van der Waals surface area contributed by atoms with Gasteiger partial charge >= 0.3 is 5.97 Å². The zero-order valence-electron chi connectivity index (χ0n) is 20.3. The van der Waals surface area contributed by atoms with Gasteiger partial charge in [-0.1, -0.05) is 30.3 Å². The molecule has 0 spiro atoms. The number of aromatic carboxylic acids is 1. The number of piperidine rings is 1. The number of carboxylic acids is 1. The number of carbonyl (C=O) groups is 1. The van der Waals surface area contributed by atoms with Crippen molar-refractivity contribution >= 4 is 16.9 Å². The minimum Gasteiger partial charge on any atom is -0.491 e. The standard InChI is InChI=1S/C28H34N2O5/c1-20(27-19-33-16-17-35-27)30-18-24(22-6-2-4-8-25(22)30)21-10-12-29(13-11-21)14-15-34-26-9-5-3-7-23(26)28(31)32/h2-9,18,20-21,27H,10-17,19H2,1H3,(H,31,32). The van der Waals surface area contributed by atoms with Gasteiger partial charge in [0.2, 0.25) is 0 Å². The number of hydrogen-bond donors (Lipinski definition) is 1. The number of rotatable bonds is 8. The number of carboxylic acid groups (broad SMARTS) is 1. The molecule has 3 aromatic rings. The molecule has 186 valence electrons. The third-order valence-corrected chi connectivity index (χ3v) is 7.40. The Bertz CT molecular complexity index is 1150. The van der Waals surface area contributed by atoms with Crippen molar-refractivity contribution in [1.29, 1.82) is 0 Å². The van der Waals surface area contributed by atoms with E-state index < -0.39 is 5.97 Å². The molecule has 2 fully saturated rings. The van der Waals surface area contributed by atoms with Crippen molar-refractivity contribution in [2.75, 3.05) is 46.1 Å². The minimum absolute atomic E-state index is 0.0699. The summed E-state index contributed by atoms with van der Waals surface area (Å²) in [6, 6.07) is 15.7. The van der Waals surface area contributed by atoms with E-state index in [0.29, 0.717) is 38.1 Å². The molecule has 3 heterocycles. The maximum atomic E-state index is 11.4. The van der Waals surface area contributed by atoms with Gasteiger partial charge in [-0.15, -0.1) is 0 Å². The first-order chi connectivity index (χ1) is 17.1. The molecule has 0 radical (unpaired) electrons. The van der Waals surface area contributed by atoms with Crippen LogP contribution in [-0.2, 0) is 9.47 Å². The molecule has 7 nitrogen and oxygen atoms in total. The first-order valence-corrected chi connectivity index (χ1v) is 12.6. The fourth-order valence-corrected chi connectivity index (χ4v) is 5.38. The SMILES string of the molecule is CC(C1COCCO1)n1cc(C2CCN(CCOc3ccccc3C(=O)O)CC2)c2ccccc21. The lowest BCUT2D eigenvalue weighted by Gasteiger charge is -2.32. The Kier molecular flexibility index (Phi) is 7.37. The van der Waals surface area contributed by atoms with E-state index in [2.05, 4.69) is 46.9 Å². The van der Waals surface area contributed by atoms with Crippen LogP contribution in [0.1, 0.15) is 47.6 Å². The Hall–Kier alpha value is -2.87. The molecule has 0 amide bonds. The van der Waals surface area contributed by atoms with Crippen LogP contribution in [0.3, 0.4) is 0 Å². The highest BCUT2D eigenvalue weighted by molar-refractivity contribution is 5.90. The Morgan fingerprint density at radius 2 is 1.89 bits per heavy atom. The van der Waals surface area contributed by atoms with E-state index in [-0.39, 0.29) is 17.7 Å². The lowest BCUT2D eigenvalue weighted by atomic mass is 9.89. The van der Waals surface area contributed by atoms with Crippen LogP contribution in [0, 0.1) is 0 Å². The number of hydrogen-bond acceptors (Lipinski definition) is 5. The van der Waals surface area contributed by atoms with Crippen LogP contribution in [0.15, 0.2) is 54.7 Å². The number of ether oxygens (including phenoxy) is 3. The second kappa shape index (κ2) is 10.8. The lowest BCUT2D eigenvalue weighted by molar-refractivity contribution is -0.104. The van der Waals surface area contributed by atoms with Gasteiger partial charge in [0.25, 0.3) is 0 Å². The van der Waals surface area contributed by atoms with Gasteiger partial charge in [0, 0.05) is 23.6 Å². The highest BCUT2D eigenvalue weighted by atomic mass is 16.6. The Labute approximate surface area is 206 Å². The van der Waals surface area contributed by atoms with Gasteiger partial charge in [0.1, 0.15) is 24.0 Å². The van der Waals surface area contributed by atoms with E-state index in [4.69, 9.17) is 14.2 Å². The Morgan fingerprint density at radius 1 is 1.11 bits per heavy atom. The summed E-state index contributed by atoms with van der Waals surface area (Å²) in [7, 11) is 0. The van der Waals surface area contributed by atoms with Gasteiger partial charge in [0.05, 0.1) is 25.9 Å². The topological polar surface area (TPSA) is 73.2 Å². The van der Waals surface area contributed by atoms with Crippen molar-refractivity contribution in [3.8, 4) is 5.75 Å². The Balaban J connectivity index is 1.21. The fraction of sp³-hybridized carbons (Fsp3) is 0.464. The lowest BCUT2D eigenvalue weighted by Crippen LogP contribution is -2.36. The van der Waals surface area contributed by atoms with Gasteiger partial charge in [-0.3, -0.25) is 4.90 Å². The molecule has 35 heavy (non-hydrogen) atoms. The zero-order chi connectivity index (χ0) is 24.2. The second-order valence-corrected chi connectivity index (χ2v) is 9.50. The second-order valence-electron chi connectivity index (χ2n) is 9.50. The van der Waals surface area contributed by atoms with E-state index in [1.54, 1.807) is 24.3 Å². The third kappa shape index (κ3) is 5.22. The van der Waals surface area contributed by atoms with Gasteiger partial charge in [-0.05, 0) is 62.5 Å². The van der Waals surface area contributed by atoms with Crippen LogP contribution in [-0.4, -0.2) is 72.7 Å². The maximum absolute atomic E-state index is 11.4. The summed E-state index contributed by atoms with van der Waals surface area (Å²) < 4.78 is 19.9. The number of aromatic nitrogens is 1. The van der Waals surface area contributed by atoms with Crippen LogP contribution < -0.4 is 4.74 Å². The summed E-state index contributed by atoms with van der Waals surface area (Å²) in [5.74, 6) is -0.0107. The summed E-state index contributed by atoms with van der Waals surface area (Å²) in [6.45, 7) is 7.48. The van der Waals surface area contributed by atoms with E-state index in [1.165, 1.54) is 16.5 Å². The molecule has 2 atom stereocenters. The summed E-state index contributed by atoms with van der Waals surface area (Å²) >= 11 is 0. The van der Waals surface area contributed by atoms with Gasteiger partial charge in [-0.2, -0.15) is 0 Å². The molecule has 2 aliphatic heterocycles. The molecule has 7 heteroatoms. The van der Waals surface area contributed by atoms with Gasteiger partial charge in [0.15, 0.2) is 0 Å². The van der Waals surface area contributed by atoms with Crippen LogP contribution in [0.5, 0.6) is 5.75 Å². The quantitative estimate of drug-likeness (QED) is 0.511. The highest BCUT2D eigenvalue weighted by Crippen LogP contribution is 2.36. The first-order valence-electron chi connectivity index (χ1n) is 12.6. The summed E-state index contributed by atoms with van der Waals surface area (Å²) in [6.07, 6.45) is 4.61. The van der Waals surface area contributed by atoms with Crippen LogP contribution in [0.25, 0.3) is 10.9 Å². The van der Waals surface area contributed by atoms with Crippen molar-refractivity contribution in [2.24, 2.45) is 0 Å². The molecule has 2 unspecified atom stereocenters. The zero-order valence-corrected chi connectivity index (χ0v) is 20.3.